The summed E-state index contributed by atoms with van der Waals surface area (Å²) < 4.78 is 24.7. The minimum absolute atomic E-state index is 0. The van der Waals surface area contributed by atoms with E-state index in [1.807, 2.05) is 22.9 Å². The van der Waals surface area contributed by atoms with Crippen LogP contribution in [-0.2, 0) is 53.9 Å². The van der Waals surface area contributed by atoms with Crippen molar-refractivity contribution in [1.82, 2.24) is 24.8 Å². The molecule has 0 atom stereocenters. The average molecular weight is 511 g/mol. The average Bonchev–Trinajstić information content (AvgIpc) is 3.24. The maximum atomic E-state index is 11.4. The molecule has 0 fully saturated rings. The summed E-state index contributed by atoms with van der Waals surface area (Å²) in [5.74, 6) is 0.434. The van der Waals surface area contributed by atoms with E-state index in [1.54, 1.807) is 17.7 Å². The summed E-state index contributed by atoms with van der Waals surface area (Å²) in [6.45, 7) is 7.49. The molecule has 0 spiro atoms. The monoisotopic (exact) mass is 511 g/mol. The van der Waals surface area contributed by atoms with Gasteiger partial charge in [-0.2, -0.15) is 0 Å². The van der Waals surface area contributed by atoms with Gasteiger partial charge >= 0.3 is 32.7 Å². The molecule has 0 saturated heterocycles. The number of aromatic nitrogens is 4. The zero-order chi connectivity index (χ0) is 19.4. The molecule has 0 bridgehead atoms. The summed E-state index contributed by atoms with van der Waals surface area (Å²) in [6.07, 6.45) is 6.51. The number of hydrogen-bond acceptors (Lipinski definition) is 8. The largest absolute Gasteiger partial charge is 3.00 e. The molecule has 144 valence electrons. The molecular formula is C17H20N5O2S3Y+2. The van der Waals surface area contributed by atoms with E-state index in [1.165, 1.54) is 6.26 Å². The molecule has 0 aliphatic rings. The van der Waals surface area contributed by atoms with Crippen LogP contribution in [0.5, 0.6) is 0 Å². The van der Waals surface area contributed by atoms with Crippen molar-refractivity contribution in [3.63, 3.8) is 0 Å². The van der Waals surface area contributed by atoms with E-state index in [0.717, 1.165) is 63.3 Å². The van der Waals surface area contributed by atoms with E-state index in [-0.39, 0.29) is 32.7 Å². The van der Waals surface area contributed by atoms with Crippen molar-refractivity contribution in [3.05, 3.63) is 46.8 Å². The fraction of sp³-hybridized carbons (Fsp3) is 0.353. The molecule has 3 heterocycles. The molecule has 3 aromatic rings. The summed E-state index contributed by atoms with van der Waals surface area (Å²) in [6, 6.07) is 1.97. The topological polar surface area (TPSA) is 89.8 Å². The number of aryl methyl sites for hydroxylation is 2. The molecule has 3 aromatic heterocycles. The first kappa shape index (κ1) is 23.5. The predicted molar refractivity (Wildman–Crippen MR) is 111 cm³/mol. The number of hydrogen-bond donors (Lipinski definition) is 1. The Morgan fingerprint density at radius 1 is 1.43 bits per heavy atom. The molecular weight excluding hydrogens is 491 g/mol. The number of nitrogens with zero attached hydrogens (tertiary/aromatic N) is 4. The molecule has 3 rings (SSSR count). The molecule has 7 nitrogen and oxygen atoms in total. The van der Waals surface area contributed by atoms with Crippen molar-refractivity contribution in [2.45, 2.75) is 25.6 Å². The molecule has 0 saturated carbocycles. The maximum Gasteiger partial charge on any atom is 3.00 e. The molecule has 0 aliphatic heterocycles. The van der Waals surface area contributed by atoms with Crippen LogP contribution in [0.1, 0.15) is 22.6 Å². The Labute approximate surface area is 197 Å². The van der Waals surface area contributed by atoms with Gasteiger partial charge in [0.1, 0.15) is 0 Å². The van der Waals surface area contributed by atoms with Gasteiger partial charge in [0.25, 0.3) is 0 Å². The van der Waals surface area contributed by atoms with Crippen molar-refractivity contribution in [2.24, 2.45) is 0 Å². The number of fused-ring (bicyclic) bond motifs is 1. The molecule has 0 aliphatic carbocycles. The third-order valence-electron chi connectivity index (χ3n) is 3.92. The number of rotatable bonds is 9. The molecule has 1 N–H and O–H groups in total. The fourth-order valence-electron chi connectivity index (χ4n) is 2.58. The first-order chi connectivity index (χ1) is 12.8. The van der Waals surface area contributed by atoms with Crippen LogP contribution in [0.3, 0.4) is 0 Å². The standard InChI is InChI=1S/C17H20N5O2S3.Y/c1-12(14-5-8-25-15(14)9-26-27(3,23)24)18-6-4-7-22-11-21-16-13(2)19-10-20-17(16)22;/h5,8,11,18H,1,4,6-7,9H2,2-3H3;/q-1;+3. The minimum Gasteiger partial charge on any atom is -0.385 e. The van der Waals surface area contributed by atoms with Gasteiger partial charge in [-0.05, 0) is 34.4 Å². The molecule has 28 heavy (non-hydrogen) atoms. The Morgan fingerprint density at radius 2 is 2.21 bits per heavy atom. The van der Waals surface area contributed by atoms with Gasteiger partial charge in [0.05, 0.1) is 6.33 Å². The van der Waals surface area contributed by atoms with Gasteiger partial charge in [-0.15, -0.1) is 11.3 Å². The van der Waals surface area contributed by atoms with E-state index in [9.17, 15) is 8.42 Å². The van der Waals surface area contributed by atoms with Crippen molar-refractivity contribution in [1.29, 1.82) is 0 Å². The summed E-state index contributed by atoms with van der Waals surface area (Å²) in [4.78, 5) is 13.6. The van der Waals surface area contributed by atoms with E-state index >= 15 is 0 Å². The van der Waals surface area contributed by atoms with Crippen LogP contribution in [0.2, 0.25) is 0 Å². The van der Waals surface area contributed by atoms with Gasteiger partial charge in [0.15, 0.2) is 8.87 Å². The van der Waals surface area contributed by atoms with Gasteiger partial charge in [-0.25, -0.2) is 8.42 Å². The van der Waals surface area contributed by atoms with E-state index in [2.05, 4.69) is 33.2 Å². The van der Waals surface area contributed by atoms with Crippen LogP contribution in [-0.4, -0.2) is 40.7 Å². The summed E-state index contributed by atoms with van der Waals surface area (Å²) in [5.41, 5.74) is 4.20. The van der Waals surface area contributed by atoms with Crippen molar-refractivity contribution < 1.29 is 41.1 Å². The van der Waals surface area contributed by atoms with Crippen LogP contribution >= 0.6 is 22.1 Å². The van der Waals surface area contributed by atoms with E-state index in [0.29, 0.717) is 5.75 Å². The zero-order valence-corrected chi connectivity index (χ0v) is 21.0. The molecule has 0 unspecified atom stereocenters. The van der Waals surface area contributed by atoms with E-state index < -0.39 is 8.87 Å². The van der Waals surface area contributed by atoms with Gasteiger partial charge < -0.3 is 19.9 Å². The number of imidazole rings is 1. The van der Waals surface area contributed by atoms with Gasteiger partial charge in [-0.3, -0.25) is 4.98 Å². The van der Waals surface area contributed by atoms with Crippen LogP contribution in [0, 0.1) is 13.3 Å². The second-order valence-corrected chi connectivity index (χ2v) is 11.5. The summed E-state index contributed by atoms with van der Waals surface area (Å²) >= 11 is 1.54. The molecule has 0 amide bonds. The van der Waals surface area contributed by atoms with Crippen molar-refractivity contribution >= 4 is 47.9 Å². The van der Waals surface area contributed by atoms with Crippen LogP contribution in [0.25, 0.3) is 16.9 Å². The zero-order valence-electron chi connectivity index (χ0n) is 15.7. The van der Waals surface area contributed by atoms with Gasteiger partial charge in [0.2, 0.25) is 0 Å². The molecule has 0 radical (unpaired) electrons. The number of nitrogens with one attached hydrogen (secondary N) is 1. The predicted octanol–water partition coefficient (Wildman–Crippen LogP) is 2.84. The SMILES string of the molecule is C=C(NCCCn1cnc2c(C)n[c-]nc21)c1ccsc1CSS(C)(=O)=O.[Y+3]. The Morgan fingerprint density at radius 3 is 2.96 bits per heavy atom. The van der Waals surface area contributed by atoms with Crippen LogP contribution in [0.15, 0.2) is 24.4 Å². The third kappa shape index (κ3) is 6.09. The van der Waals surface area contributed by atoms with Crippen LogP contribution in [0.4, 0.5) is 0 Å². The number of thiophene rings is 1. The Balaban J connectivity index is 0.00000280. The van der Waals surface area contributed by atoms with Crippen LogP contribution < -0.4 is 5.32 Å². The third-order valence-corrected chi connectivity index (χ3v) is 7.49. The first-order valence-electron chi connectivity index (χ1n) is 8.24. The maximum absolute atomic E-state index is 11.4. The Bertz CT molecular complexity index is 1060. The normalized spacial score (nSPS) is 11.4. The second-order valence-electron chi connectivity index (χ2n) is 6.00. The quantitative estimate of drug-likeness (QED) is 0.269. The van der Waals surface area contributed by atoms with Crippen molar-refractivity contribution in [2.75, 3.05) is 12.8 Å². The minimum atomic E-state index is -3.06. The van der Waals surface area contributed by atoms with Gasteiger partial charge in [0, 0.05) is 58.7 Å². The smallest absolute Gasteiger partial charge is 0.385 e. The Kier molecular flexibility index (Phi) is 8.63. The summed E-state index contributed by atoms with van der Waals surface area (Å²) in [5, 5.41) is 5.28. The second kappa shape index (κ2) is 10.3. The fourth-order valence-corrected chi connectivity index (χ4v) is 5.41. The molecule has 11 heteroatoms. The first-order valence-corrected chi connectivity index (χ1v) is 12.5. The van der Waals surface area contributed by atoms with Gasteiger partial charge in [-0.1, -0.05) is 13.5 Å². The van der Waals surface area contributed by atoms with E-state index in [4.69, 9.17) is 0 Å². The molecule has 0 aromatic carbocycles. The summed E-state index contributed by atoms with van der Waals surface area (Å²) in [7, 11) is -2.12. The van der Waals surface area contributed by atoms with Crippen molar-refractivity contribution in [3.8, 4) is 0 Å². The Hall–Kier alpha value is -0.806.